The van der Waals surface area contributed by atoms with Gasteiger partial charge < -0.3 is 14.2 Å². The molecule has 0 N–H and O–H groups in total. The number of hydrogen-bond acceptors (Lipinski definition) is 3. The van der Waals surface area contributed by atoms with Gasteiger partial charge in [-0.3, -0.25) is 0 Å². The molecule has 0 aromatic heterocycles. The van der Waals surface area contributed by atoms with Crippen LogP contribution < -0.4 is 14.2 Å². The van der Waals surface area contributed by atoms with Gasteiger partial charge >= 0.3 is 0 Å². The number of para-hydroxylation sites is 1. The molecule has 0 radical (unpaired) electrons. The molecule has 0 bridgehead atoms. The highest BCUT2D eigenvalue weighted by Gasteiger charge is 2.22. The van der Waals surface area contributed by atoms with Crippen molar-refractivity contribution in [3.05, 3.63) is 53.6 Å². The van der Waals surface area contributed by atoms with Crippen LogP contribution in [0.5, 0.6) is 17.2 Å². The van der Waals surface area contributed by atoms with Crippen LogP contribution in [-0.2, 0) is 12.8 Å². The van der Waals surface area contributed by atoms with Gasteiger partial charge in [-0.05, 0) is 29.3 Å². The van der Waals surface area contributed by atoms with Crippen molar-refractivity contribution >= 4 is 0 Å². The van der Waals surface area contributed by atoms with Crippen LogP contribution in [0, 0.1) is 0 Å². The molecule has 0 saturated carbocycles. The SMILES string of the molecule is COc1ccc(CC2Cc3ccccc3O2)cc1OC. The summed E-state index contributed by atoms with van der Waals surface area (Å²) in [6, 6.07) is 14.3. The Morgan fingerprint density at radius 3 is 2.60 bits per heavy atom. The van der Waals surface area contributed by atoms with Gasteiger partial charge in [0.1, 0.15) is 11.9 Å². The zero-order valence-corrected chi connectivity index (χ0v) is 11.8. The lowest BCUT2D eigenvalue weighted by Crippen LogP contribution is -2.16. The van der Waals surface area contributed by atoms with Gasteiger partial charge in [0.05, 0.1) is 14.2 Å². The summed E-state index contributed by atoms with van der Waals surface area (Å²) in [5, 5.41) is 0. The fourth-order valence-electron chi connectivity index (χ4n) is 2.64. The summed E-state index contributed by atoms with van der Waals surface area (Å²) in [6.07, 6.45) is 2.03. The Balaban J connectivity index is 1.74. The summed E-state index contributed by atoms with van der Waals surface area (Å²) in [4.78, 5) is 0. The van der Waals surface area contributed by atoms with E-state index in [0.29, 0.717) is 0 Å². The van der Waals surface area contributed by atoms with E-state index in [4.69, 9.17) is 14.2 Å². The lowest BCUT2D eigenvalue weighted by molar-refractivity contribution is 0.233. The van der Waals surface area contributed by atoms with Gasteiger partial charge in [-0.25, -0.2) is 0 Å². The second-order valence-electron chi connectivity index (χ2n) is 4.95. The minimum Gasteiger partial charge on any atom is -0.493 e. The summed E-state index contributed by atoms with van der Waals surface area (Å²) < 4.78 is 16.6. The number of rotatable bonds is 4. The van der Waals surface area contributed by atoms with Crippen LogP contribution >= 0.6 is 0 Å². The molecule has 1 aliphatic heterocycles. The standard InChI is InChI=1S/C17H18O3/c1-18-16-8-7-12(10-17(16)19-2)9-14-11-13-5-3-4-6-15(13)20-14/h3-8,10,14H,9,11H2,1-2H3. The first-order chi connectivity index (χ1) is 9.80. The largest absolute Gasteiger partial charge is 0.493 e. The van der Waals surface area contributed by atoms with E-state index < -0.39 is 0 Å². The normalized spacial score (nSPS) is 16.4. The van der Waals surface area contributed by atoms with E-state index in [1.54, 1.807) is 14.2 Å². The molecule has 3 heteroatoms. The average Bonchev–Trinajstić information content (AvgIpc) is 2.89. The molecule has 1 heterocycles. The monoisotopic (exact) mass is 270 g/mol. The zero-order chi connectivity index (χ0) is 13.9. The second kappa shape index (κ2) is 5.45. The third-order valence-corrected chi connectivity index (χ3v) is 3.63. The lowest BCUT2D eigenvalue weighted by Gasteiger charge is -2.13. The molecule has 1 unspecified atom stereocenters. The van der Waals surface area contributed by atoms with Crippen molar-refractivity contribution in [1.82, 2.24) is 0 Å². The Bertz CT molecular complexity index is 582. The molecule has 2 aromatic carbocycles. The fourth-order valence-corrected chi connectivity index (χ4v) is 2.64. The van der Waals surface area contributed by atoms with Crippen LogP contribution in [0.3, 0.4) is 0 Å². The molecule has 104 valence electrons. The number of methoxy groups -OCH3 is 2. The first-order valence-electron chi connectivity index (χ1n) is 6.75. The highest BCUT2D eigenvalue weighted by Crippen LogP contribution is 2.32. The van der Waals surface area contributed by atoms with Crippen LogP contribution in [0.25, 0.3) is 0 Å². The fraction of sp³-hybridized carbons (Fsp3) is 0.294. The quantitative estimate of drug-likeness (QED) is 0.853. The Morgan fingerprint density at radius 1 is 1.05 bits per heavy atom. The molecule has 0 spiro atoms. The first kappa shape index (κ1) is 12.9. The number of hydrogen-bond donors (Lipinski definition) is 0. The molecule has 2 aromatic rings. The Morgan fingerprint density at radius 2 is 1.85 bits per heavy atom. The molecule has 1 atom stereocenters. The summed E-state index contributed by atoms with van der Waals surface area (Å²) in [6.45, 7) is 0. The summed E-state index contributed by atoms with van der Waals surface area (Å²) in [5.74, 6) is 2.53. The highest BCUT2D eigenvalue weighted by atomic mass is 16.5. The van der Waals surface area contributed by atoms with Crippen molar-refractivity contribution in [2.45, 2.75) is 18.9 Å². The molecule has 0 aliphatic carbocycles. The maximum atomic E-state index is 5.97. The van der Waals surface area contributed by atoms with Crippen LogP contribution in [0.2, 0.25) is 0 Å². The third kappa shape index (κ3) is 2.44. The third-order valence-electron chi connectivity index (χ3n) is 3.63. The van der Waals surface area contributed by atoms with Crippen molar-refractivity contribution < 1.29 is 14.2 Å². The molecule has 0 saturated heterocycles. The predicted molar refractivity (Wildman–Crippen MR) is 77.8 cm³/mol. The molecule has 20 heavy (non-hydrogen) atoms. The highest BCUT2D eigenvalue weighted by molar-refractivity contribution is 5.44. The van der Waals surface area contributed by atoms with Crippen molar-refractivity contribution in [3.63, 3.8) is 0 Å². The molecular formula is C17H18O3. The van der Waals surface area contributed by atoms with Crippen molar-refractivity contribution in [3.8, 4) is 17.2 Å². The van der Waals surface area contributed by atoms with Crippen molar-refractivity contribution in [2.24, 2.45) is 0 Å². The topological polar surface area (TPSA) is 27.7 Å². The average molecular weight is 270 g/mol. The maximum absolute atomic E-state index is 5.97. The molecule has 1 aliphatic rings. The van der Waals surface area contributed by atoms with Gasteiger partial charge in [0.15, 0.2) is 11.5 Å². The van der Waals surface area contributed by atoms with Crippen LogP contribution in [0.4, 0.5) is 0 Å². The van der Waals surface area contributed by atoms with Crippen LogP contribution in [0.1, 0.15) is 11.1 Å². The summed E-state index contributed by atoms with van der Waals surface area (Å²) in [5.41, 5.74) is 2.48. The van der Waals surface area contributed by atoms with Gasteiger partial charge in [0, 0.05) is 12.8 Å². The Labute approximate surface area is 119 Å². The minimum absolute atomic E-state index is 0.200. The molecule has 3 nitrogen and oxygen atoms in total. The van der Waals surface area contributed by atoms with E-state index in [1.165, 1.54) is 11.1 Å². The Hall–Kier alpha value is -2.16. The predicted octanol–water partition coefficient (Wildman–Crippen LogP) is 3.25. The molecule has 0 fully saturated rings. The minimum atomic E-state index is 0.200. The Kier molecular flexibility index (Phi) is 3.50. The van der Waals surface area contributed by atoms with E-state index >= 15 is 0 Å². The van der Waals surface area contributed by atoms with E-state index in [1.807, 2.05) is 24.3 Å². The van der Waals surface area contributed by atoms with Crippen molar-refractivity contribution in [2.75, 3.05) is 14.2 Å². The van der Waals surface area contributed by atoms with Crippen LogP contribution in [0.15, 0.2) is 42.5 Å². The number of ether oxygens (including phenoxy) is 3. The van der Waals surface area contributed by atoms with Gasteiger partial charge in [-0.2, -0.15) is 0 Å². The van der Waals surface area contributed by atoms with Gasteiger partial charge in [0.25, 0.3) is 0 Å². The van der Waals surface area contributed by atoms with Gasteiger partial charge in [-0.1, -0.05) is 24.3 Å². The maximum Gasteiger partial charge on any atom is 0.160 e. The number of benzene rings is 2. The van der Waals surface area contributed by atoms with E-state index in [9.17, 15) is 0 Å². The molecule has 0 amide bonds. The summed E-state index contributed by atoms with van der Waals surface area (Å²) in [7, 11) is 3.30. The van der Waals surface area contributed by atoms with Gasteiger partial charge in [0.2, 0.25) is 0 Å². The van der Waals surface area contributed by atoms with E-state index in [2.05, 4.69) is 18.2 Å². The second-order valence-corrected chi connectivity index (χ2v) is 4.95. The molecule has 3 rings (SSSR count). The smallest absolute Gasteiger partial charge is 0.160 e. The molecular weight excluding hydrogens is 252 g/mol. The van der Waals surface area contributed by atoms with E-state index in [-0.39, 0.29) is 6.10 Å². The number of fused-ring (bicyclic) bond motifs is 1. The zero-order valence-electron chi connectivity index (χ0n) is 11.8. The summed E-state index contributed by atoms with van der Waals surface area (Å²) >= 11 is 0. The van der Waals surface area contributed by atoms with Gasteiger partial charge in [-0.15, -0.1) is 0 Å². The van der Waals surface area contributed by atoms with E-state index in [0.717, 1.165) is 30.1 Å². The van der Waals surface area contributed by atoms with Crippen LogP contribution in [-0.4, -0.2) is 20.3 Å². The first-order valence-corrected chi connectivity index (χ1v) is 6.75. The lowest BCUT2D eigenvalue weighted by atomic mass is 10.0. The van der Waals surface area contributed by atoms with Crippen molar-refractivity contribution in [1.29, 1.82) is 0 Å².